The van der Waals surface area contributed by atoms with Crippen LogP contribution in [0.25, 0.3) is 0 Å². The molecule has 2 N–H and O–H groups in total. The molecule has 1 aliphatic carbocycles. The number of nitrogens with one attached hydrogen (secondary N) is 1. The van der Waals surface area contributed by atoms with Gasteiger partial charge in [0.1, 0.15) is 11.5 Å². The Balaban J connectivity index is 1.76. The van der Waals surface area contributed by atoms with Gasteiger partial charge in [0, 0.05) is 24.4 Å². The highest BCUT2D eigenvalue weighted by atomic mass is 19.4. The van der Waals surface area contributed by atoms with E-state index in [1.165, 1.54) is 12.1 Å². The molecule has 1 aliphatic rings. The average molecular weight is 337 g/mol. The van der Waals surface area contributed by atoms with Crippen LogP contribution in [0, 0.1) is 5.92 Å². The SMILES string of the molecule is OC1CC([C@@H](Cc2ccccn2)Nc2cccc(C(F)(F)F)n2)C1. The van der Waals surface area contributed by atoms with E-state index >= 15 is 0 Å². The van der Waals surface area contributed by atoms with Gasteiger partial charge in [0.2, 0.25) is 0 Å². The van der Waals surface area contributed by atoms with Crippen molar-refractivity contribution in [3.05, 3.63) is 54.0 Å². The van der Waals surface area contributed by atoms with E-state index in [1.54, 1.807) is 6.20 Å². The van der Waals surface area contributed by atoms with Crippen LogP contribution in [-0.2, 0) is 12.6 Å². The number of rotatable bonds is 5. The maximum absolute atomic E-state index is 12.8. The van der Waals surface area contributed by atoms with Gasteiger partial charge in [0.25, 0.3) is 0 Å². The van der Waals surface area contributed by atoms with Gasteiger partial charge >= 0.3 is 6.18 Å². The summed E-state index contributed by atoms with van der Waals surface area (Å²) in [6, 6.07) is 9.25. The topological polar surface area (TPSA) is 58.0 Å². The molecular formula is C17H18F3N3O. The quantitative estimate of drug-likeness (QED) is 0.879. The zero-order chi connectivity index (χ0) is 17.2. The van der Waals surface area contributed by atoms with Crippen molar-refractivity contribution in [2.45, 2.75) is 37.6 Å². The summed E-state index contributed by atoms with van der Waals surface area (Å²) < 4.78 is 38.4. The molecular weight excluding hydrogens is 319 g/mol. The lowest BCUT2D eigenvalue weighted by Gasteiger charge is -2.38. The number of aliphatic hydroxyl groups is 1. The Morgan fingerprint density at radius 2 is 1.96 bits per heavy atom. The van der Waals surface area contributed by atoms with E-state index in [-0.39, 0.29) is 23.9 Å². The van der Waals surface area contributed by atoms with E-state index in [0.29, 0.717) is 19.3 Å². The molecule has 2 aromatic rings. The number of hydrogen-bond donors (Lipinski definition) is 2. The van der Waals surface area contributed by atoms with Crippen LogP contribution in [0.3, 0.4) is 0 Å². The van der Waals surface area contributed by atoms with Crippen molar-refractivity contribution in [3.8, 4) is 0 Å². The number of hydrogen-bond acceptors (Lipinski definition) is 4. The monoisotopic (exact) mass is 337 g/mol. The summed E-state index contributed by atoms with van der Waals surface area (Å²) in [7, 11) is 0. The molecule has 3 rings (SSSR count). The maximum Gasteiger partial charge on any atom is 0.433 e. The number of alkyl halides is 3. The number of pyridine rings is 2. The third-order valence-electron chi connectivity index (χ3n) is 4.25. The Bertz CT molecular complexity index is 672. The van der Waals surface area contributed by atoms with Gasteiger partial charge in [-0.3, -0.25) is 4.98 Å². The minimum Gasteiger partial charge on any atom is -0.393 e. The summed E-state index contributed by atoms with van der Waals surface area (Å²) in [5.74, 6) is 0.366. The first-order valence-electron chi connectivity index (χ1n) is 7.80. The second-order valence-electron chi connectivity index (χ2n) is 6.07. The Morgan fingerprint density at radius 1 is 1.17 bits per heavy atom. The van der Waals surface area contributed by atoms with Crippen LogP contribution >= 0.6 is 0 Å². The van der Waals surface area contributed by atoms with Crippen molar-refractivity contribution in [2.24, 2.45) is 5.92 Å². The van der Waals surface area contributed by atoms with E-state index < -0.39 is 11.9 Å². The van der Waals surface area contributed by atoms with E-state index in [4.69, 9.17) is 0 Å². The molecule has 1 atom stereocenters. The average Bonchev–Trinajstić information content (AvgIpc) is 2.52. The van der Waals surface area contributed by atoms with Crippen LogP contribution in [0.2, 0.25) is 0 Å². The molecule has 1 fully saturated rings. The van der Waals surface area contributed by atoms with E-state index in [1.807, 2.05) is 18.2 Å². The molecule has 1 saturated carbocycles. The summed E-state index contributed by atoms with van der Waals surface area (Å²) in [5, 5.41) is 12.6. The Morgan fingerprint density at radius 3 is 2.58 bits per heavy atom. The fourth-order valence-electron chi connectivity index (χ4n) is 2.90. The number of anilines is 1. The molecule has 2 heterocycles. The molecule has 128 valence electrons. The lowest BCUT2D eigenvalue weighted by molar-refractivity contribution is -0.141. The molecule has 0 amide bonds. The van der Waals surface area contributed by atoms with Gasteiger partial charge in [0.05, 0.1) is 6.10 Å². The molecule has 7 heteroatoms. The Hall–Kier alpha value is -2.15. The third kappa shape index (κ3) is 4.03. The molecule has 0 spiro atoms. The Labute approximate surface area is 137 Å². The van der Waals surface area contributed by atoms with Crippen LogP contribution in [-0.4, -0.2) is 27.2 Å². The predicted octanol–water partition coefficient (Wildman–Crippen LogP) is 3.29. The molecule has 0 aromatic carbocycles. The smallest absolute Gasteiger partial charge is 0.393 e. The third-order valence-corrected chi connectivity index (χ3v) is 4.25. The molecule has 2 aromatic heterocycles. The molecule has 4 nitrogen and oxygen atoms in total. The summed E-state index contributed by atoms with van der Waals surface area (Å²) >= 11 is 0. The van der Waals surface area contributed by atoms with Gasteiger partial charge in [0.15, 0.2) is 0 Å². The largest absolute Gasteiger partial charge is 0.433 e. The van der Waals surface area contributed by atoms with Crippen LogP contribution in [0.4, 0.5) is 19.0 Å². The van der Waals surface area contributed by atoms with E-state index in [9.17, 15) is 18.3 Å². The van der Waals surface area contributed by atoms with E-state index in [2.05, 4.69) is 15.3 Å². The van der Waals surface area contributed by atoms with Gasteiger partial charge in [-0.05, 0) is 43.0 Å². The molecule has 24 heavy (non-hydrogen) atoms. The van der Waals surface area contributed by atoms with Crippen molar-refractivity contribution in [3.63, 3.8) is 0 Å². The molecule has 0 aliphatic heterocycles. The van der Waals surface area contributed by atoms with Crippen molar-refractivity contribution in [1.29, 1.82) is 0 Å². The van der Waals surface area contributed by atoms with Gasteiger partial charge in [-0.25, -0.2) is 4.98 Å². The second-order valence-corrected chi connectivity index (χ2v) is 6.07. The number of nitrogens with zero attached hydrogens (tertiary/aromatic N) is 2. The number of aliphatic hydroxyl groups excluding tert-OH is 1. The lowest BCUT2D eigenvalue weighted by Crippen LogP contribution is -2.42. The van der Waals surface area contributed by atoms with Crippen molar-refractivity contribution in [1.82, 2.24) is 9.97 Å². The van der Waals surface area contributed by atoms with Gasteiger partial charge < -0.3 is 10.4 Å². The summed E-state index contributed by atoms with van der Waals surface area (Å²) in [5.41, 5.74) is -0.0684. The first-order valence-corrected chi connectivity index (χ1v) is 7.80. The van der Waals surface area contributed by atoms with Crippen molar-refractivity contribution >= 4 is 5.82 Å². The predicted molar refractivity (Wildman–Crippen MR) is 83.3 cm³/mol. The first-order chi connectivity index (χ1) is 11.4. The van der Waals surface area contributed by atoms with Crippen LogP contribution in [0.1, 0.15) is 24.2 Å². The second kappa shape index (κ2) is 6.76. The van der Waals surface area contributed by atoms with Crippen LogP contribution < -0.4 is 5.32 Å². The minimum atomic E-state index is -4.47. The molecule has 0 saturated heterocycles. The zero-order valence-corrected chi connectivity index (χ0v) is 12.9. The first kappa shape index (κ1) is 16.7. The van der Waals surface area contributed by atoms with Crippen molar-refractivity contribution in [2.75, 3.05) is 5.32 Å². The highest BCUT2D eigenvalue weighted by Gasteiger charge is 2.35. The molecule has 0 bridgehead atoms. The lowest BCUT2D eigenvalue weighted by atomic mass is 9.76. The molecule has 0 radical (unpaired) electrons. The highest BCUT2D eigenvalue weighted by Crippen LogP contribution is 2.34. The number of aromatic nitrogens is 2. The fourth-order valence-corrected chi connectivity index (χ4v) is 2.90. The van der Waals surface area contributed by atoms with E-state index in [0.717, 1.165) is 11.8 Å². The fraction of sp³-hybridized carbons (Fsp3) is 0.412. The Kier molecular flexibility index (Phi) is 4.71. The zero-order valence-electron chi connectivity index (χ0n) is 12.9. The van der Waals surface area contributed by atoms with Gasteiger partial charge in [-0.1, -0.05) is 12.1 Å². The number of halogens is 3. The minimum absolute atomic E-state index is 0.126. The molecule has 0 unspecified atom stereocenters. The highest BCUT2D eigenvalue weighted by molar-refractivity contribution is 5.38. The van der Waals surface area contributed by atoms with Crippen molar-refractivity contribution < 1.29 is 18.3 Å². The van der Waals surface area contributed by atoms with Gasteiger partial charge in [-0.2, -0.15) is 13.2 Å². The summed E-state index contributed by atoms with van der Waals surface area (Å²) in [6.45, 7) is 0. The maximum atomic E-state index is 12.8. The van der Waals surface area contributed by atoms with Gasteiger partial charge in [-0.15, -0.1) is 0 Å². The standard InChI is InChI=1S/C17H18F3N3O/c18-17(19,20)15-5-3-6-16(23-15)22-14(11-8-13(24)9-11)10-12-4-1-2-7-21-12/h1-7,11,13-14,24H,8-10H2,(H,22,23)/t11?,13?,14-/m1/s1. The summed E-state index contributed by atoms with van der Waals surface area (Å²) in [6.07, 6.45) is -1.30. The summed E-state index contributed by atoms with van der Waals surface area (Å²) in [4.78, 5) is 7.94. The van der Waals surface area contributed by atoms with Crippen LogP contribution in [0.5, 0.6) is 0 Å². The normalized spacial score (nSPS) is 21.8. The van der Waals surface area contributed by atoms with Crippen LogP contribution in [0.15, 0.2) is 42.6 Å².